The minimum absolute atomic E-state index is 0.0582. The van der Waals surface area contributed by atoms with Crippen LogP contribution in [-0.4, -0.2) is 0 Å². The second kappa shape index (κ2) is 2.48. The average molecular weight is 182 g/mol. The highest BCUT2D eigenvalue weighted by molar-refractivity contribution is 6.31. The van der Waals surface area contributed by atoms with Gasteiger partial charge in [0, 0.05) is 10.6 Å². The molecule has 1 aliphatic rings. The fourth-order valence-corrected chi connectivity index (χ4v) is 1.51. The van der Waals surface area contributed by atoms with E-state index in [-0.39, 0.29) is 5.54 Å². The quantitative estimate of drug-likeness (QED) is 0.708. The number of benzene rings is 1. The number of nitrogens with two attached hydrogens (primary N) is 1. The molecule has 1 nitrogen and oxygen atoms in total. The largest absolute Gasteiger partial charge is 0.321 e. The first-order chi connectivity index (χ1) is 5.62. The van der Waals surface area contributed by atoms with Gasteiger partial charge in [-0.05, 0) is 37.0 Å². The average Bonchev–Trinajstić information content (AvgIpc) is 2.75. The van der Waals surface area contributed by atoms with Gasteiger partial charge in [-0.2, -0.15) is 0 Å². The molecule has 1 aromatic rings. The molecule has 2 rings (SSSR count). The molecular formula is C10H12ClN. The van der Waals surface area contributed by atoms with Crippen molar-refractivity contribution in [3.05, 3.63) is 34.3 Å². The van der Waals surface area contributed by atoms with E-state index >= 15 is 0 Å². The summed E-state index contributed by atoms with van der Waals surface area (Å²) in [5.41, 5.74) is 8.26. The maximum absolute atomic E-state index is 6.03. The van der Waals surface area contributed by atoms with E-state index in [2.05, 4.69) is 6.07 Å². The lowest BCUT2D eigenvalue weighted by molar-refractivity contribution is 0.740. The molecule has 12 heavy (non-hydrogen) atoms. The first-order valence-corrected chi connectivity index (χ1v) is 4.55. The lowest BCUT2D eigenvalue weighted by Crippen LogP contribution is -2.18. The van der Waals surface area contributed by atoms with E-state index in [1.54, 1.807) is 0 Å². The predicted molar refractivity (Wildman–Crippen MR) is 51.3 cm³/mol. The third kappa shape index (κ3) is 1.23. The maximum atomic E-state index is 6.03. The van der Waals surface area contributed by atoms with Gasteiger partial charge in [0.2, 0.25) is 0 Å². The summed E-state index contributed by atoms with van der Waals surface area (Å²) >= 11 is 5.99. The Morgan fingerprint density at radius 1 is 1.42 bits per heavy atom. The molecule has 0 atom stereocenters. The Morgan fingerprint density at radius 2 is 2.08 bits per heavy atom. The van der Waals surface area contributed by atoms with Crippen molar-refractivity contribution in [3.63, 3.8) is 0 Å². The molecule has 0 spiro atoms. The van der Waals surface area contributed by atoms with Crippen LogP contribution in [0.25, 0.3) is 0 Å². The molecule has 0 aromatic heterocycles. The Morgan fingerprint density at radius 3 is 2.58 bits per heavy atom. The van der Waals surface area contributed by atoms with Gasteiger partial charge in [-0.25, -0.2) is 0 Å². The molecule has 0 unspecified atom stereocenters. The van der Waals surface area contributed by atoms with Crippen molar-refractivity contribution in [1.82, 2.24) is 0 Å². The van der Waals surface area contributed by atoms with Crippen LogP contribution in [0.1, 0.15) is 24.0 Å². The minimum Gasteiger partial charge on any atom is -0.321 e. The van der Waals surface area contributed by atoms with Crippen LogP contribution in [-0.2, 0) is 5.54 Å². The van der Waals surface area contributed by atoms with Crippen molar-refractivity contribution in [2.75, 3.05) is 0 Å². The van der Waals surface area contributed by atoms with Crippen molar-refractivity contribution in [3.8, 4) is 0 Å². The van der Waals surface area contributed by atoms with Gasteiger partial charge in [0.1, 0.15) is 0 Å². The van der Waals surface area contributed by atoms with Crippen LogP contribution in [0.3, 0.4) is 0 Å². The Kier molecular flexibility index (Phi) is 1.67. The number of halogens is 1. The van der Waals surface area contributed by atoms with E-state index in [0.717, 1.165) is 23.4 Å². The molecule has 1 saturated carbocycles. The molecule has 64 valence electrons. The van der Waals surface area contributed by atoms with Crippen LogP contribution in [0.4, 0.5) is 0 Å². The zero-order valence-electron chi connectivity index (χ0n) is 7.10. The SMILES string of the molecule is Cc1ccc(C2(N)CC2)cc1Cl. The Labute approximate surface area is 77.5 Å². The summed E-state index contributed by atoms with van der Waals surface area (Å²) in [6.45, 7) is 2.00. The maximum Gasteiger partial charge on any atom is 0.0438 e. The highest BCUT2D eigenvalue weighted by atomic mass is 35.5. The van der Waals surface area contributed by atoms with Crippen LogP contribution in [0.15, 0.2) is 18.2 Å². The molecule has 2 N–H and O–H groups in total. The van der Waals surface area contributed by atoms with E-state index in [0.29, 0.717) is 0 Å². The van der Waals surface area contributed by atoms with Gasteiger partial charge in [-0.15, -0.1) is 0 Å². The zero-order valence-corrected chi connectivity index (χ0v) is 7.86. The Bertz CT molecular complexity index is 316. The normalized spacial score (nSPS) is 19.2. The van der Waals surface area contributed by atoms with Gasteiger partial charge in [-0.3, -0.25) is 0 Å². The molecule has 0 radical (unpaired) electrons. The summed E-state index contributed by atoms with van der Waals surface area (Å²) in [7, 11) is 0. The summed E-state index contributed by atoms with van der Waals surface area (Å²) in [6, 6.07) is 6.10. The number of aryl methyl sites for hydroxylation is 1. The summed E-state index contributed by atoms with van der Waals surface area (Å²) < 4.78 is 0. The molecule has 0 aliphatic heterocycles. The van der Waals surface area contributed by atoms with E-state index in [9.17, 15) is 0 Å². The summed E-state index contributed by atoms with van der Waals surface area (Å²) in [4.78, 5) is 0. The first kappa shape index (κ1) is 8.09. The van der Waals surface area contributed by atoms with E-state index in [1.807, 2.05) is 19.1 Å². The van der Waals surface area contributed by atoms with Crippen LogP contribution in [0.5, 0.6) is 0 Å². The van der Waals surface area contributed by atoms with Crippen molar-refractivity contribution in [1.29, 1.82) is 0 Å². The molecule has 0 amide bonds. The first-order valence-electron chi connectivity index (χ1n) is 4.17. The van der Waals surface area contributed by atoms with Gasteiger partial charge in [-0.1, -0.05) is 23.7 Å². The highest BCUT2D eigenvalue weighted by Gasteiger charge is 2.39. The standard InChI is InChI=1S/C10H12ClN/c1-7-2-3-8(6-9(7)11)10(12)4-5-10/h2-3,6H,4-5,12H2,1H3. The van der Waals surface area contributed by atoms with Crippen molar-refractivity contribution in [2.24, 2.45) is 5.73 Å². The highest BCUT2D eigenvalue weighted by Crippen LogP contribution is 2.43. The second-order valence-electron chi connectivity index (χ2n) is 3.62. The molecule has 0 saturated heterocycles. The van der Waals surface area contributed by atoms with Crippen molar-refractivity contribution >= 4 is 11.6 Å². The lowest BCUT2D eigenvalue weighted by Gasteiger charge is -2.09. The minimum atomic E-state index is -0.0582. The number of hydrogen-bond donors (Lipinski definition) is 1. The third-order valence-electron chi connectivity index (χ3n) is 2.54. The topological polar surface area (TPSA) is 26.0 Å². The van der Waals surface area contributed by atoms with Crippen LogP contribution >= 0.6 is 11.6 Å². The Balaban J connectivity index is 2.41. The fourth-order valence-electron chi connectivity index (χ4n) is 1.33. The smallest absolute Gasteiger partial charge is 0.0438 e. The molecule has 0 heterocycles. The summed E-state index contributed by atoms with van der Waals surface area (Å²) in [5.74, 6) is 0. The van der Waals surface area contributed by atoms with E-state index < -0.39 is 0 Å². The van der Waals surface area contributed by atoms with Crippen LogP contribution in [0.2, 0.25) is 5.02 Å². The predicted octanol–water partition coefficient (Wildman–Crippen LogP) is 2.60. The van der Waals surface area contributed by atoms with Gasteiger partial charge in [0.15, 0.2) is 0 Å². The van der Waals surface area contributed by atoms with Crippen molar-refractivity contribution in [2.45, 2.75) is 25.3 Å². The van der Waals surface area contributed by atoms with Crippen molar-refractivity contribution < 1.29 is 0 Å². The van der Waals surface area contributed by atoms with E-state index in [4.69, 9.17) is 17.3 Å². The van der Waals surface area contributed by atoms with Gasteiger partial charge in [0.25, 0.3) is 0 Å². The van der Waals surface area contributed by atoms with Gasteiger partial charge < -0.3 is 5.73 Å². The monoisotopic (exact) mass is 181 g/mol. The molecular weight excluding hydrogens is 170 g/mol. The molecule has 0 bridgehead atoms. The van der Waals surface area contributed by atoms with Crippen LogP contribution < -0.4 is 5.73 Å². The molecule has 1 fully saturated rings. The number of hydrogen-bond acceptors (Lipinski definition) is 1. The van der Waals surface area contributed by atoms with E-state index in [1.165, 1.54) is 5.56 Å². The lowest BCUT2D eigenvalue weighted by atomic mass is 10.0. The van der Waals surface area contributed by atoms with Crippen LogP contribution in [0, 0.1) is 6.92 Å². The third-order valence-corrected chi connectivity index (χ3v) is 2.94. The summed E-state index contributed by atoms with van der Waals surface area (Å²) in [5, 5.41) is 0.823. The molecule has 2 heteroatoms. The zero-order chi connectivity index (χ0) is 8.77. The second-order valence-corrected chi connectivity index (χ2v) is 4.03. The Hall–Kier alpha value is -0.530. The summed E-state index contributed by atoms with van der Waals surface area (Å²) in [6.07, 6.45) is 2.18. The van der Waals surface area contributed by atoms with Gasteiger partial charge in [0.05, 0.1) is 0 Å². The van der Waals surface area contributed by atoms with Gasteiger partial charge >= 0.3 is 0 Å². The fraction of sp³-hybridized carbons (Fsp3) is 0.400. The molecule has 1 aromatic carbocycles. The molecule has 1 aliphatic carbocycles. The number of rotatable bonds is 1.